The minimum absolute atomic E-state index is 0.602. The number of hydrogen-bond acceptors (Lipinski definition) is 5. The summed E-state index contributed by atoms with van der Waals surface area (Å²) in [4.78, 5) is 20.3. The normalized spacial score (nSPS) is 11.6. The van der Waals surface area contributed by atoms with E-state index in [-0.39, 0.29) is 0 Å². The summed E-state index contributed by atoms with van der Waals surface area (Å²) >= 11 is 1.84. The van der Waals surface area contributed by atoms with E-state index >= 15 is 0 Å². The third kappa shape index (κ3) is 5.38. The van der Waals surface area contributed by atoms with Crippen molar-refractivity contribution in [2.24, 2.45) is 0 Å². The smallest absolute Gasteiger partial charge is 0.164 e. The Labute approximate surface area is 326 Å². The predicted molar refractivity (Wildman–Crippen MR) is 232 cm³/mol. The summed E-state index contributed by atoms with van der Waals surface area (Å²) in [5.74, 6) is 1.84. The van der Waals surface area contributed by atoms with Gasteiger partial charge in [-0.25, -0.2) is 15.0 Å². The Hall–Kier alpha value is -7.28. The van der Waals surface area contributed by atoms with Crippen molar-refractivity contribution in [2.45, 2.75) is 0 Å². The van der Waals surface area contributed by atoms with Gasteiger partial charge in [0.2, 0.25) is 0 Å². The Balaban J connectivity index is 1.12. The molecular weight excluding hydrogens is 703 g/mol. The largest absolute Gasteiger partial charge is 0.307 e. The molecule has 0 N–H and O–H groups in total. The van der Waals surface area contributed by atoms with E-state index in [1.165, 1.54) is 25.7 Å². The molecule has 0 saturated heterocycles. The highest BCUT2D eigenvalue weighted by Gasteiger charge is 2.20. The monoisotopic (exact) mass is 733 g/mol. The molecule has 0 aliphatic rings. The average molecular weight is 734 g/mol. The third-order valence-electron chi connectivity index (χ3n) is 10.5. The first-order chi connectivity index (χ1) is 27.8. The standard InChI is InChI=1S/C50H31N5S/c1-3-14-32(15-4-1)37-28-27-36(31-44(37)55-42-24-9-7-21-41(42)46-43(55)25-13-29-51-46)50-53-48(33-16-5-2-6-17-33)52-49(54-50)35-19-11-18-34(30-35)38-22-12-23-40-39-20-8-10-26-45(39)56-47(38)40/h1-31H. The zero-order valence-corrected chi connectivity index (χ0v) is 30.9. The van der Waals surface area contributed by atoms with Crippen LogP contribution in [0.4, 0.5) is 0 Å². The Morgan fingerprint density at radius 1 is 0.393 bits per heavy atom. The number of rotatable bonds is 6. The van der Waals surface area contributed by atoms with Gasteiger partial charge in [-0.05, 0) is 53.1 Å². The highest BCUT2D eigenvalue weighted by atomic mass is 32.1. The molecule has 0 saturated carbocycles. The van der Waals surface area contributed by atoms with Crippen molar-refractivity contribution in [3.8, 4) is 62.1 Å². The molecule has 0 unspecified atom stereocenters. The molecule has 11 aromatic rings. The quantitative estimate of drug-likeness (QED) is 0.171. The molecule has 0 radical (unpaired) electrons. The van der Waals surface area contributed by atoms with Crippen molar-refractivity contribution in [2.75, 3.05) is 0 Å². The molecule has 11 rings (SSSR count). The predicted octanol–water partition coefficient (Wildman–Crippen LogP) is 13.1. The van der Waals surface area contributed by atoms with Gasteiger partial charge in [0, 0.05) is 54.0 Å². The van der Waals surface area contributed by atoms with E-state index in [9.17, 15) is 0 Å². The summed E-state index contributed by atoms with van der Waals surface area (Å²) in [7, 11) is 0. The highest BCUT2D eigenvalue weighted by molar-refractivity contribution is 7.26. The summed E-state index contributed by atoms with van der Waals surface area (Å²) in [6, 6.07) is 63.7. The second-order valence-electron chi connectivity index (χ2n) is 13.9. The van der Waals surface area contributed by atoms with E-state index < -0.39 is 0 Å². The van der Waals surface area contributed by atoms with Gasteiger partial charge < -0.3 is 4.57 Å². The second kappa shape index (κ2) is 13.2. The van der Waals surface area contributed by atoms with E-state index in [1.54, 1.807) is 0 Å². The van der Waals surface area contributed by atoms with Crippen LogP contribution in [0.15, 0.2) is 188 Å². The van der Waals surface area contributed by atoms with E-state index in [2.05, 4.69) is 162 Å². The van der Waals surface area contributed by atoms with Gasteiger partial charge in [0.05, 0.1) is 22.2 Å². The van der Waals surface area contributed by atoms with Gasteiger partial charge in [-0.15, -0.1) is 11.3 Å². The zero-order valence-electron chi connectivity index (χ0n) is 30.0. The molecule has 0 atom stereocenters. The van der Waals surface area contributed by atoms with Gasteiger partial charge in [-0.1, -0.05) is 146 Å². The van der Waals surface area contributed by atoms with Gasteiger partial charge in [0.25, 0.3) is 0 Å². The van der Waals surface area contributed by atoms with Crippen LogP contribution in [0.2, 0.25) is 0 Å². The van der Waals surface area contributed by atoms with Crippen molar-refractivity contribution >= 4 is 53.4 Å². The maximum atomic E-state index is 5.24. The summed E-state index contributed by atoms with van der Waals surface area (Å²) in [5.41, 5.74) is 11.4. The highest BCUT2D eigenvalue weighted by Crippen LogP contribution is 2.41. The van der Waals surface area contributed by atoms with Crippen LogP contribution in [0.1, 0.15) is 0 Å². The molecule has 0 aliphatic heterocycles. The summed E-state index contributed by atoms with van der Waals surface area (Å²) in [5, 5.41) is 3.67. The molecule has 0 spiro atoms. The van der Waals surface area contributed by atoms with Crippen LogP contribution in [0.5, 0.6) is 0 Å². The maximum Gasteiger partial charge on any atom is 0.164 e. The van der Waals surface area contributed by atoms with Gasteiger partial charge in [0.15, 0.2) is 17.5 Å². The van der Waals surface area contributed by atoms with Crippen molar-refractivity contribution in [1.29, 1.82) is 0 Å². The van der Waals surface area contributed by atoms with Crippen molar-refractivity contribution in [1.82, 2.24) is 24.5 Å². The molecule has 56 heavy (non-hydrogen) atoms. The molecule has 5 nitrogen and oxygen atoms in total. The van der Waals surface area contributed by atoms with E-state index in [0.29, 0.717) is 17.5 Å². The molecule has 262 valence electrons. The van der Waals surface area contributed by atoms with E-state index in [4.69, 9.17) is 19.9 Å². The number of benzene rings is 7. The lowest BCUT2D eigenvalue weighted by Crippen LogP contribution is -2.02. The summed E-state index contributed by atoms with van der Waals surface area (Å²) in [6.45, 7) is 0. The Morgan fingerprint density at radius 2 is 1.00 bits per heavy atom. The Kier molecular flexibility index (Phi) is 7.60. The molecule has 4 heterocycles. The van der Waals surface area contributed by atoms with E-state index in [1.807, 2.05) is 41.8 Å². The van der Waals surface area contributed by atoms with Crippen LogP contribution in [-0.4, -0.2) is 24.5 Å². The first-order valence-corrected chi connectivity index (χ1v) is 19.5. The topological polar surface area (TPSA) is 56.5 Å². The number of hydrogen-bond donors (Lipinski definition) is 0. The molecule has 0 fully saturated rings. The first kappa shape index (κ1) is 32.2. The number of thiophene rings is 1. The lowest BCUT2D eigenvalue weighted by atomic mass is 10.00. The SMILES string of the molecule is c1ccc(-c2nc(-c3cccc(-c4cccc5c4sc4ccccc45)c3)nc(-c3ccc(-c4ccccc4)c(-n4c5ccccc5c5ncccc54)c3)n2)cc1. The van der Waals surface area contributed by atoms with Crippen molar-refractivity contribution in [3.63, 3.8) is 0 Å². The number of fused-ring (bicyclic) bond motifs is 6. The molecule has 7 aromatic carbocycles. The third-order valence-corrected chi connectivity index (χ3v) is 11.7. The van der Waals surface area contributed by atoms with Crippen LogP contribution in [0.25, 0.3) is 104 Å². The molecule has 0 bridgehead atoms. The second-order valence-corrected chi connectivity index (χ2v) is 14.9. The fraction of sp³-hybridized carbons (Fsp3) is 0. The number of pyridine rings is 1. The van der Waals surface area contributed by atoms with Gasteiger partial charge in [-0.3, -0.25) is 4.98 Å². The van der Waals surface area contributed by atoms with Crippen LogP contribution < -0.4 is 0 Å². The minimum atomic E-state index is 0.602. The maximum absolute atomic E-state index is 5.24. The zero-order chi connectivity index (χ0) is 37.0. The number of para-hydroxylation sites is 1. The van der Waals surface area contributed by atoms with E-state index in [0.717, 1.165) is 61.0 Å². The molecular formula is C50H31N5S. The Morgan fingerprint density at radius 3 is 1.82 bits per heavy atom. The van der Waals surface area contributed by atoms with Gasteiger partial charge in [0.1, 0.15) is 0 Å². The molecule has 6 heteroatoms. The molecule has 0 amide bonds. The number of aromatic nitrogens is 5. The lowest BCUT2D eigenvalue weighted by molar-refractivity contribution is 1.07. The average Bonchev–Trinajstić information content (AvgIpc) is 3.83. The van der Waals surface area contributed by atoms with Crippen molar-refractivity contribution < 1.29 is 0 Å². The summed E-state index contributed by atoms with van der Waals surface area (Å²) < 4.78 is 4.89. The minimum Gasteiger partial charge on any atom is -0.307 e. The molecule has 0 aliphatic carbocycles. The number of nitrogens with zero attached hydrogens (tertiary/aromatic N) is 5. The van der Waals surface area contributed by atoms with Gasteiger partial charge in [-0.2, -0.15) is 0 Å². The van der Waals surface area contributed by atoms with Crippen LogP contribution in [-0.2, 0) is 0 Å². The lowest BCUT2D eigenvalue weighted by Gasteiger charge is -2.16. The molecule has 4 aromatic heterocycles. The fourth-order valence-corrected chi connectivity index (χ4v) is 9.15. The summed E-state index contributed by atoms with van der Waals surface area (Å²) in [6.07, 6.45) is 1.86. The fourth-order valence-electron chi connectivity index (χ4n) is 7.91. The van der Waals surface area contributed by atoms with Crippen LogP contribution >= 0.6 is 11.3 Å². The van der Waals surface area contributed by atoms with Gasteiger partial charge >= 0.3 is 0 Å². The first-order valence-electron chi connectivity index (χ1n) is 18.6. The van der Waals surface area contributed by atoms with Crippen LogP contribution in [0.3, 0.4) is 0 Å². The van der Waals surface area contributed by atoms with Crippen molar-refractivity contribution in [3.05, 3.63) is 188 Å². The van der Waals surface area contributed by atoms with Crippen LogP contribution in [0, 0.1) is 0 Å². The Bertz CT molecular complexity index is 3200.